The van der Waals surface area contributed by atoms with Gasteiger partial charge in [0.25, 0.3) is 0 Å². The molecule has 0 aromatic rings. The van der Waals surface area contributed by atoms with E-state index in [2.05, 4.69) is 13.8 Å². The number of carboxylic acids is 1. The number of hydrogen-bond donors (Lipinski definition) is 1. The summed E-state index contributed by atoms with van der Waals surface area (Å²) >= 11 is 1.66. The van der Waals surface area contributed by atoms with Crippen molar-refractivity contribution in [2.45, 2.75) is 19.9 Å². The van der Waals surface area contributed by atoms with Crippen molar-refractivity contribution < 1.29 is 9.90 Å². The Balaban J connectivity index is 2.53. The SMILES string of the molecule is CC(C)/C=C/N1CSC[C@H]1C(=O)O. The van der Waals surface area contributed by atoms with Crippen molar-refractivity contribution in [2.75, 3.05) is 11.6 Å². The number of rotatable bonds is 3. The van der Waals surface area contributed by atoms with Crippen LogP contribution in [-0.4, -0.2) is 33.6 Å². The van der Waals surface area contributed by atoms with Crippen LogP contribution in [0, 0.1) is 5.92 Å². The van der Waals surface area contributed by atoms with Gasteiger partial charge in [0.05, 0.1) is 5.88 Å². The molecule has 1 heterocycles. The molecule has 74 valence electrons. The lowest BCUT2D eigenvalue weighted by Crippen LogP contribution is -2.33. The van der Waals surface area contributed by atoms with E-state index in [9.17, 15) is 4.79 Å². The minimum Gasteiger partial charge on any atom is -0.480 e. The normalized spacial score (nSPS) is 23.3. The molecule has 1 rings (SSSR count). The number of nitrogens with zero attached hydrogens (tertiary/aromatic N) is 1. The first-order valence-corrected chi connectivity index (χ1v) is 5.51. The molecule has 0 spiro atoms. The van der Waals surface area contributed by atoms with Crippen molar-refractivity contribution in [3.63, 3.8) is 0 Å². The molecular formula is C9H15NO2S. The maximum atomic E-state index is 10.8. The molecule has 13 heavy (non-hydrogen) atoms. The molecule has 0 amide bonds. The molecule has 1 fully saturated rings. The Hall–Kier alpha value is -0.640. The van der Waals surface area contributed by atoms with Crippen LogP contribution in [0.2, 0.25) is 0 Å². The van der Waals surface area contributed by atoms with E-state index in [0.29, 0.717) is 11.7 Å². The molecule has 1 aliphatic rings. The molecule has 1 aliphatic heterocycles. The smallest absolute Gasteiger partial charge is 0.327 e. The van der Waals surface area contributed by atoms with Crippen molar-refractivity contribution in [3.8, 4) is 0 Å². The number of aliphatic carboxylic acids is 1. The van der Waals surface area contributed by atoms with Gasteiger partial charge in [-0.25, -0.2) is 4.79 Å². The van der Waals surface area contributed by atoms with Gasteiger partial charge in [-0.3, -0.25) is 0 Å². The van der Waals surface area contributed by atoms with Gasteiger partial charge in [0.1, 0.15) is 6.04 Å². The molecule has 1 atom stereocenters. The summed E-state index contributed by atoms with van der Waals surface area (Å²) in [5.74, 6) is 1.23. The second-order valence-corrected chi connectivity index (χ2v) is 4.45. The van der Waals surface area contributed by atoms with Crippen LogP contribution in [0.15, 0.2) is 12.3 Å². The number of carbonyl (C=O) groups is 1. The fraction of sp³-hybridized carbons (Fsp3) is 0.667. The zero-order valence-corrected chi connectivity index (χ0v) is 8.75. The van der Waals surface area contributed by atoms with Crippen molar-refractivity contribution in [1.29, 1.82) is 0 Å². The highest BCUT2D eigenvalue weighted by Gasteiger charge is 2.28. The maximum absolute atomic E-state index is 10.8. The Kier molecular flexibility index (Phi) is 3.66. The molecule has 0 saturated carbocycles. The lowest BCUT2D eigenvalue weighted by molar-refractivity contribution is -0.140. The van der Waals surface area contributed by atoms with Gasteiger partial charge >= 0.3 is 5.97 Å². The standard InChI is InChI=1S/C9H15NO2S/c1-7(2)3-4-10-6-13-5-8(10)9(11)12/h3-4,7-8H,5-6H2,1-2H3,(H,11,12)/b4-3+/t8-/m0/s1. The van der Waals surface area contributed by atoms with Gasteiger partial charge in [0, 0.05) is 5.75 Å². The summed E-state index contributed by atoms with van der Waals surface area (Å²) < 4.78 is 0. The third-order valence-electron chi connectivity index (χ3n) is 1.86. The minimum absolute atomic E-state index is 0.333. The van der Waals surface area contributed by atoms with E-state index in [1.165, 1.54) is 0 Å². The first-order valence-electron chi connectivity index (χ1n) is 4.36. The summed E-state index contributed by atoms with van der Waals surface area (Å²) in [6, 6.07) is -0.333. The molecule has 0 aromatic carbocycles. The summed E-state index contributed by atoms with van der Waals surface area (Å²) in [5.41, 5.74) is 0. The third kappa shape index (κ3) is 2.95. The summed E-state index contributed by atoms with van der Waals surface area (Å²) in [6.45, 7) is 4.16. The molecule has 0 aliphatic carbocycles. The third-order valence-corrected chi connectivity index (χ3v) is 2.90. The van der Waals surface area contributed by atoms with Gasteiger partial charge in [-0.2, -0.15) is 0 Å². The van der Waals surface area contributed by atoms with E-state index in [4.69, 9.17) is 5.11 Å². The summed E-state index contributed by atoms with van der Waals surface area (Å²) in [5, 5.41) is 8.86. The van der Waals surface area contributed by atoms with Crippen LogP contribution in [-0.2, 0) is 4.79 Å². The molecule has 0 bridgehead atoms. The van der Waals surface area contributed by atoms with Crippen molar-refractivity contribution in [3.05, 3.63) is 12.3 Å². The number of allylic oxidation sites excluding steroid dienone is 1. The fourth-order valence-electron chi connectivity index (χ4n) is 1.10. The largest absolute Gasteiger partial charge is 0.480 e. The van der Waals surface area contributed by atoms with E-state index in [0.717, 1.165) is 5.88 Å². The minimum atomic E-state index is -0.724. The Bertz CT molecular complexity index is 216. The van der Waals surface area contributed by atoms with Crippen LogP contribution in [0.5, 0.6) is 0 Å². The van der Waals surface area contributed by atoms with E-state index >= 15 is 0 Å². The van der Waals surface area contributed by atoms with Crippen molar-refractivity contribution >= 4 is 17.7 Å². The molecular weight excluding hydrogens is 186 g/mol. The highest BCUT2D eigenvalue weighted by Crippen LogP contribution is 2.21. The Morgan fingerprint density at radius 1 is 1.69 bits per heavy atom. The predicted molar refractivity (Wildman–Crippen MR) is 54.6 cm³/mol. The molecule has 4 heteroatoms. The molecule has 1 N–H and O–H groups in total. The van der Waals surface area contributed by atoms with Gasteiger partial charge in [-0.1, -0.05) is 19.9 Å². The average Bonchev–Trinajstić information content (AvgIpc) is 2.47. The molecule has 3 nitrogen and oxygen atoms in total. The van der Waals surface area contributed by atoms with Crippen molar-refractivity contribution in [1.82, 2.24) is 4.90 Å². The highest BCUT2D eigenvalue weighted by molar-refractivity contribution is 7.99. The molecule has 0 radical (unpaired) electrons. The number of carboxylic acid groups (broad SMARTS) is 1. The van der Waals surface area contributed by atoms with E-state index in [1.54, 1.807) is 11.8 Å². The first kappa shape index (κ1) is 10.4. The van der Waals surface area contributed by atoms with E-state index in [1.807, 2.05) is 17.2 Å². The zero-order chi connectivity index (χ0) is 9.84. The van der Waals surface area contributed by atoms with E-state index in [-0.39, 0.29) is 6.04 Å². The Morgan fingerprint density at radius 3 is 2.92 bits per heavy atom. The van der Waals surface area contributed by atoms with Gasteiger partial charge in [-0.15, -0.1) is 11.8 Å². The lowest BCUT2D eigenvalue weighted by atomic mass is 10.2. The second-order valence-electron chi connectivity index (χ2n) is 3.45. The van der Waals surface area contributed by atoms with Crippen LogP contribution in [0.1, 0.15) is 13.8 Å². The maximum Gasteiger partial charge on any atom is 0.327 e. The lowest BCUT2D eigenvalue weighted by Gasteiger charge is -2.17. The van der Waals surface area contributed by atoms with Crippen LogP contribution < -0.4 is 0 Å². The van der Waals surface area contributed by atoms with Gasteiger partial charge in [-0.05, 0) is 12.1 Å². The number of hydrogen-bond acceptors (Lipinski definition) is 3. The van der Waals surface area contributed by atoms with Crippen LogP contribution in [0.25, 0.3) is 0 Å². The summed E-state index contributed by atoms with van der Waals surface area (Å²) in [6.07, 6.45) is 3.94. The van der Waals surface area contributed by atoms with Crippen LogP contribution >= 0.6 is 11.8 Å². The quantitative estimate of drug-likeness (QED) is 0.753. The molecule has 0 unspecified atom stereocenters. The van der Waals surface area contributed by atoms with Crippen LogP contribution in [0.4, 0.5) is 0 Å². The van der Waals surface area contributed by atoms with Gasteiger partial charge in [0.15, 0.2) is 0 Å². The highest BCUT2D eigenvalue weighted by atomic mass is 32.2. The average molecular weight is 201 g/mol. The second kappa shape index (κ2) is 4.56. The predicted octanol–water partition coefficient (Wildman–Crippen LogP) is 1.62. The summed E-state index contributed by atoms with van der Waals surface area (Å²) in [7, 11) is 0. The van der Waals surface area contributed by atoms with E-state index < -0.39 is 5.97 Å². The van der Waals surface area contributed by atoms with Crippen molar-refractivity contribution in [2.24, 2.45) is 5.92 Å². The van der Waals surface area contributed by atoms with Gasteiger partial charge < -0.3 is 10.0 Å². The van der Waals surface area contributed by atoms with Gasteiger partial charge in [0.2, 0.25) is 0 Å². The fourth-order valence-corrected chi connectivity index (χ4v) is 2.24. The first-order chi connectivity index (χ1) is 6.11. The number of thioether (sulfide) groups is 1. The Morgan fingerprint density at radius 2 is 2.38 bits per heavy atom. The van der Waals surface area contributed by atoms with Crippen LogP contribution in [0.3, 0.4) is 0 Å². The zero-order valence-electron chi connectivity index (χ0n) is 7.93. The molecule has 0 aromatic heterocycles. The monoisotopic (exact) mass is 201 g/mol. The topological polar surface area (TPSA) is 40.5 Å². The summed E-state index contributed by atoms with van der Waals surface area (Å²) in [4.78, 5) is 12.6. The molecule has 1 saturated heterocycles. The Labute approximate surface area is 82.8 Å².